The molecule has 0 atom stereocenters. The Kier molecular flexibility index (Phi) is 8.31. The molecule has 2 rings (SSSR count). The number of guanidine groups is 1. The van der Waals surface area contributed by atoms with Crippen LogP contribution >= 0.6 is 11.8 Å². The Balaban J connectivity index is 1.79. The van der Waals surface area contributed by atoms with Crippen LogP contribution in [0.2, 0.25) is 0 Å². The summed E-state index contributed by atoms with van der Waals surface area (Å²) in [5.41, 5.74) is 0. The lowest BCUT2D eigenvalue weighted by molar-refractivity contribution is -0.128. The lowest BCUT2D eigenvalue weighted by Gasteiger charge is -2.25. The van der Waals surface area contributed by atoms with E-state index in [2.05, 4.69) is 15.6 Å². The average molecular weight is 392 g/mol. The van der Waals surface area contributed by atoms with Crippen molar-refractivity contribution in [2.45, 2.75) is 19.8 Å². The molecule has 10 heteroatoms. The summed E-state index contributed by atoms with van der Waals surface area (Å²) in [6.07, 6.45) is 2.11. The van der Waals surface area contributed by atoms with Gasteiger partial charge < -0.3 is 15.5 Å². The SMILES string of the molecule is CCNC(=NCC(=O)N1CCCC1)NCCS(=O)(=O)N1CCSCC1. The van der Waals surface area contributed by atoms with Gasteiger partial charge in [0, 0.05) is 50.8 Å². The highest BCUT2D eigenvalue weighted by Crippen LogP contribution is 2.13. The molecule has 2 saturated heterocycles. The number of likely N-dealkylation sites (tertiary alicyclic amines) is 1. The fourth-order valence-corrected chi connectivity index (χ4v) is 5.30. The van der Waals surface area contributed by atoms with Crippen LogP contribution in [0, 0.1) is 0 Å². The van der Waals surface area contributed by atoms with Crippen molar-refractivity contribution in [3.63, 3.8) is 0 Å². The van der Waals surface area contributed by atoms with E-state index < -0.39 is 10.0 Å². The summed E-state index contributed by atoms with van der Waals surface area (Å²) < 4.78 is 26.2. The quantitative estimate of drug-likeness (QED) is 0.451. The normalized spacial score (nSPS) is 19.9. The van der Waals surface area contributed by atoms with Gasteiger partial charge in [-0.05, 0) is 19.8 Å². The Morgan fingerprint density at radius 2 is 1.80 bits per heavy atom. The minimum absolute atomic E-state index is 0.0214. The second-order valence-corrected chi connectivity index (χ2v) is 9.35. The van der Waals surface area contributed by atoms with Crippen LogP contribution in [0.1, 0.15) is 19.8 Å². The number of carbonyl (C=O) groups is 1. The van der Waals surface area contributed by atoms with E-state index in [1.54, 1.807) is 16.1 Å². The van der Waals surface area contributed by atoms with Crippen molar-refractivity contribution in [3.8, 4) is 0 Å². The standard InChI is InChI=1S/C15H29N5O3S2/c1-2-16-15(18-13-14(21)19-6-3-4-7-19)17-5-12-25(22,23)20-8-10-24-11-9-20/h2-13H2,1H3,(H2,16,17,18). The number of aliphatic imine (C=N–C) groups is 1. The van der Waals surface area contributed by atoms with Crippen LogP contribution in [-0.4, -0.2) is 92.6 Å². The van der Waals surface area contributed by atoms with Crippen LogP contribution < -0.4 is 10.6 Å². The monoisotopic (exact) mass is 391 g/mol. The molecule has 0 aromatic heterocycles. The number of carbonyl (C=O) groups excluding carboxylic acids is 1. The molecule has 0 spiro atoms. The molecule has 0 aliphatic carbocycles. The molecule has 144 valence electrons. The first-order valence-corrected chi connectivity index (χ1v) is 11.6. The van der Waals surface area contributed by atoms with Crippen molar-refractivity contribution in [1.82, 2.24) is 19.8 Å². The van der Waals surface area contributed by atoms with Gasteiger partial charge >= 0.3 is 0 Å². The van der Waals surface area contributed by atoms with Crippen LogP contribution in [0.15, 0.2) is 4.99 Å². The topological polar surface area (TPSA) is 94.1 Å². The van der Waals surface area contributed by atoms with E-state index in [0.29, 0.717) is 25.6 Å². The molecule has 25 heavy (non-hydrogen) atoms. The largest absolute Gasteiger partial charge is 0.357 e. The Hall–Kier alpha value is -1.00. The van der Waals surface area contributed by atoms with E-state index in [0.717, 1.165) is 37.4 Å². The molecule has 2 heterocycles. The summed E-state index contributed by atoms with van der Waals surface area (Å²) in [4.78, 5) is 18.2. The summed E-state index contributed by atoms with van der Waals surface area (Å²) in [6, 6.07) is 0. The van der Waals surface area contributed by atoms with Crippen molar-refractivity contribution < 1.29 is 13.2 Å². The van der Waals surface area contributed by atoms with Crippen molar-refractivity contribution in [1.29, 1.82) is 0 Å². The zero-order chi connectivity index (χ0) is 18.1. The lowest BCUT2D eigenvalue weighted by atomic mass is 10.4. The van der Waals surface area contributed by atoms with Gasteiger partial charge in [-0.15, -0.1) is 0 Å². The van der Waals surface area contributed by atoms with Crippen LogP contribution in [-0.2, 0) is 14.8 Å². The van der Waals surface area contributed by atoms with Gasteiger partial charge in [0.25, 0.3) is 0 Å². The predicted octanol–water partition coefficient (Wildman–Crippen LogP) is -0.457. The molecule has 2 fully saturated rings. The maximum atomic E-state index is 12.3. The van der Waals surface area contributed by atoms with E-state index in [-0.39, 0.29) is 24.7 Å². The highest BCUT2D eigenvalue weighted by Gasteiger charge is 2.23. The summed E-state index contributed by atoms with van der Waals surface area (Å²) in [6.45, 7) is 5.75. The highest BCUT2D eigenvalue weighted by molar-refractivity contribution is 7.99. The van der Waals surface area contributed by atoms with Crippen LogP contribution in [0.5, 0.6) is 0 Å². The minimum Gasteiger partial charge on any atom is -0.357 e. The van der Waals surface area contributed by atoms with Gasteiger partial charge in [-0.2, -0.15) is 11.8 Å². The summed E-state index contributed by atoms with van der Waals surface area (Å²) in [5, 5.41) is 6.07. The molecule has 2 aliphatic rings. The second kappa shape index (κ2) is 10.2. The van der Waals surface area contributed by atoms with Gasteiger partial charge in [-0.25, -0.2) is 17.7 Å². The number of hydrogen-bond donors (Lipinski definition) is 2. The van der Waals surface area contributed by atoms with Gasteiger partial charge in [-0.1, -0.05) is 0 Å². The van der Waals surface area contributed by atoms with Crippen molar-refractivity contribution in [2.24, 2.45) is 4.99 Å². The molecule has 0 aromatic rings. The summed E-state index contributed by atoms with van der Waals surface area (Å²) in [5.74, 6) is 2.25. The Morgan fingerprint density at radius 1 is 1.12 bits per heavy atom. The number of amides is 1. The number of nitrogens with zero attached hydrogens (tertiary/aromatic N) is 3. The number of thioether (sulfide) groups is 1. The third-order valence-corrected chi connectivity index (χ3v) is 7.01. The first-order valence-electron chi connectivity index (χ1n) is 8.88. The molecule has 0 unspecified atom stereocenters. The van der Waals surface area contributed by atoms with E-state index in [9.17, 15) is 13.2 Å². The first kappa shape index (κ1) is 20.3. The average Bonchev–Trinajstić information content (AvgIpc) is 3.15. The molecular weight excluding hydrogens is 362 g/mol. The van der Waals surface area contributed by atoms with Gasteiger partial charge in [-0.3, -0.25) is 4.79 Å². The van der Waals surface area contributed by atoms with E-state index in [4.69, 9.17) is 0 Å². The first-order chi connectivity index (χ1) is 12.0. The predicted molar refractivity (Wildman–Crippen MR) is 102 cm³/mol. The Morgan fingerprint density at radius 3 is 2.44 bits per heavy atom. The summed E-state index contributed by atoms with van der Waals surface area (Å²) in [7, 11) is -3.24. The van der Waals surface area contributed by atoms with Gasteiger partial charge in [0.1, 0.15) is 6.54 Å². The third-order valence-electron chi connectivity index (χ3n) is 4.19. The molecular formula is C15H29N5O3S2. The van der Waals surface area contributed by atoms with Gasteiger partial charge in [0.05, 0.1) is 5.75 Å². The van der Waals surface area contributed by atoms with Crippen molar-refractivity contribution in [2.75, 3.05) is 63.1 Å². The molecule has 0 radical (unpaired) electrons. The Labute approximate surface area is 154 Å². The molecule has 2 N–H and O–H groups in total. The fourth-order valence-electron chi connectivity index (χ4n) is 2.81. The summed E-state index contributed by atoms with van der Waals surface area (Å²) >= 11 is 1.78. The van der Waals surface area contributed by atoms with E-state index in [1.165, 1.54) is 0 Å². The maximum absolute atomic E-state index is 12.3. The van der Waals surface area contributed by atoms with Crippen molar-refractivity contribution in [3.05, 3.63) is 0 Å². The van der Waals surface area contributed by atoms with E-state index >= 15 is 0 Å². The van der Waals surface area contributed by atoms with Gasteiger partial charge in [0.2, 0.25) is 15.9 Å². The van der Waals surface area contributed by atoms with Crippen molar-refractivity contribution >= 4 is 33.7 Å². The zero-order valence-corrected chi connectivity index (χ0v) is 16.5. The number of rotatable bonds is 7. The number of nitrogens with one attached hydrogen (secondary N) is 2. The minimum atomic E-state index is -3.24. The Bertz CT molecular complexity index is 556. The maximum Gasteiger partial charge on any atom is 0.244 e. The zero-order valence-electron chi connectivity index (χ0n) is 14.9. The highest BCUT2D eigenvalue weighted by atomic mass is 32.2. The molecule has 0 bridgehead atoms. The van der Waals surface area contributed by atoms with Crippen LogP contribution in [0.3, 0.4) is 0 Å². The van der Waals surface area contributed by atoms with Crippen LogP contribution in [0.4, 0.5) is 0 Å². The number of sulfonamides is 1. The molecule has 1 amide bonds. The van der Waals surface area contributed by atoms with E-state index in [1.807, 2.05) is 11.8 Å². The van der Waals surface area contributed by atoms with Crippen LogP contribution in [0.25, 0.3) is 0 Å². The second-order valence-electron chi connectivity index (χ2n) is 6.04. The molecule has 0 saturated carbocycles. The molecule has 2 aliphatic heterocycles. The smallest absolute Gasteiger partial charge is 0.244 e. The van der Waals surface area contributed by atoms with Gasteiger partial charge in [0.15, 0.2) is 5.96 Å². The third kappa shape index (κ3) is 6.67. The fraction of sp³-hybridized carbons (Fsp3) is 0.867. The molecule has 8 nitrogen and oxygen atoms in total. The number of hydrogen-bond acceptors (Lipinski definition) is 5. The molecule has 0 aromatic carbocycles. The lowest BCUT2D eigenvalue weighted by Crippen LogP contribution is -2.44.